The van der Waals surface area contributed by atoms with E-state index in [-0.39, 0.29) is 11.1 Å². The van der Waals surface area contributed by atoms with E-state index < -0.39 is 27.2 Å². The third-order valence-electron chi connectivity index (χ3n) is 4.05. The Balaban J connectivity index is 2.17. The molecule has 8 heteroatoms. The average Bonchev–Trinajstić information content (AvgIpc) is 2.82. The van der Waals surface area contributed by atoms with Gasteiger partial charge in [0.25, 0.3) is 11.8 Å². The fourth-order valence-corrected chi connectivity index (χ4v) is 3.24. The number of imide groups is 1. The van der Waals surface area contributed by atoms with Crippen molar-refractivity contribution in [1.82, 2.24) is 4.90 Å². The molecule has 0 N–H and O–H groups in total. The van der Waals surface area contributed by atoms with E-state index in [0.717, 1.165) is 10.5 Å². The molecule has 0 aliphatic carbocycles. The van der Waals surface area contributed by atoms with Crippen molar-refractivity contribution in [3.8, 4) is 0 Å². The molecule has 2 amide bonds. The molecule has 0 spiro atoms. The zero-order valence-corrected chi connectivity index (χ0v) is 14.5. The highest BCUT2D eigenvalue weighted by Gasteiger charge is 2.56. The molecule has 1 aliphatic rings. The monoisotopic (exact) mass is 378 g/mol. The van der Waals surface area contributed by atoms with Crippen LogP contribution < -0.4 is 0 Å². The van der Waals surface area contributed by atoms with E-state index in [1.807, 2.05) is 6.92 Å². The number of carbonyl (C=O) groups excluding carboxylic acids is 2. The maximum Gasteiger partial charge on any atom is 0.395 e. The van der Waals surface area contributed by atoms with Crippen molar-refractivity contribution in [2.45, 2.75) is 17.4 Å². The van der Waals surface area contributed by atoms with Crippen molar-refractivity contribution in [1.29, 1.82) is 0 Å². The minimum atomic E-state index is -2.59. The van der Waals surface area contributed by atoms with Crippen LogP contribution in [0.2, 0.25) is 0 Å². The lowest BCUT2D eigenvalue weighted by Crippen LogP contribution is -2.46. The molecule has 3 rings (SSSR count). The van der Waals surface area contributed by atoms with Crippen molar-refractivity contribution in [3.05, 3.63) is 80.9 Å². The van der Waals surface area contributed by atoms with Crippen molar-refractivity contribution in [3.63, 3.8) is 0 Å². The summed E-state index contributed by atoms with van der Waals surface area (Å²) < 4.78 is -2.59. The largest absolute Gasteiger partial charge is 0.395 e. The number of halogens is 2. The van der Waals surface area contributed by atoms with Gasteiger partial charge in [-0.05, 0) is 47.8 Å². The summed E-state index contributed by atoms with van der Waals surface area (Å²) in [5.74, 6) is -1.34. The first-order chi connectivity index (χ1) is 11.7. The maximum absolute atomic E-state index is 12.7. The third-order valence-corrected chi connectivity index (χ3v) is 4.74. The summed E-state index contributed by atoms with van der Waals surface area (Å²) in [7, 11) is 0. The van der Waals surface area contributed by atoms with E-state index in [0.29, 0.717) is 5.56 Å². The van der Waals surface area contributed by atoms with E-state index in [9.17, 15) is 19.7 Å². The first-order valence-corrected chi connectivity index (χ1v) is 8.06. The molecule has 0 radical (unpaired) electrons. The summed E-state index contributed by atoms with van der Waals surface area (Å²) in [6.07, 6.45) is 0. The second kappa shape index (κ2) is 6.13. The van der Waals surface area contributed by atoms with Crippen molar-refractivity contribution < 1.29 is 14.5 Å². The molecule has 0 saturated heterocycles. The summed E-state index contributed by atoms with van der Waals surface area (Å²) in [4.78, 5) is 36.7. The number of aryl methyl sites for hydroxylation is 1. The first-order valence-electron chi connectivity index (χ1n) is 7.31. The molecule has 0 saturated carbocycles. The highest BCUT2D eigenvalue weighted by atomic mass is 35.5. The Labute approximate surface area is 153 Å². The highest BCUT2D eigenvalue weighted by molar-refractivity contribution is 6.47. The molecule has 25 heavy (non-hydrogen) atoms. The summed E-state index contributed by atoms with van der Waals surface area (Å²) in [6.45, 7) is 1.84. The fourth-order valence-electron chi connectivity index (χ4n) is 2.80. The smallest absolute Gasteiger partial charge is 0.269 e. The molecule has 6 nitrogen and oxygen atoms in total. The maximum atomic E-state index is 12.7. The minimum Gasteiger partial charge on any atom is -0.269 e. The van der Waals surface area contributed by atoms with Crippen LogP contribution in [0.25, 0.3) is 0 Å². The Hall–Kier alpha value is -2.44. The van der Waals surface area contributed by atoms with E-state index in [1.54, 1.807) is 36.4 Å². The molecule has 2 aromatic rings. The van der Waals surface area contributed by atoms with Crippen molar-refractivity contribution in [2.75, 3.05) is 0 Å². The first kappa shape index (κ1) is 17.4. The molecule has 1 heterocycles. The topological polar surface area (TPSA) is 80.5 Å². The molecule has 0 bridgehead atoms. The number of hydrogen-bond acceptors (Lipinski definition) is 4. The van der Waals surface area contributed by atoms with Gasteiger partial charge in [0.1, 0.15) is 0 Å². The predicted octanol–water partition coefficient (Wildman–Crippen LogP) is 3.74. The Morgan fingerprint density at radius 3 is 1.92 bits per heavy atom. The fraction of sp³-hybridized carbons (Fsp3) is 0.176. The van der Waals surface area contributed by atoms with Crippen LogP contribution in [0.1, 0.15) is 37.9 Å². The lowest BCUT2D eigenvalue weighted by atomic mass is 10.0. The Morgan fingerprint density at radius 1 is 1.00 bits per heavy atom. The average molecular weight is 379 g/mol. The van der Waals surface area contributed by atoms with E-state index in [2.05, 4.69) is 0 Å². The number of alkyl halides is 2. The molecule has 0 aromatic heterocycles. The van der Waals surface area contributed by atoms with Gasteiger partial charge in [0, 0.05) is 0 Å². The van der Waals surface area contributed by atoms with Gasteiger partial charge in [-0.3, -0.25) is 24.6 Å². The lowest BCUT2D eigenvalue weighted by Gasteiger charge is -2.30. The lowest BCUT2D eigenvalue weighted by molar-refractivity contribution is -0.523. The van der Waals surface area contributed by atoms with Crippen LogP contribution in [-0.2, 0) is 0 Å². The van der Waals surface area contributed by atoms with Crippen LogP contribution in [0.4, 0.5) is 0 Å². The van der Waals surface area contributed by atoms with Gasteiger partial charge in [-0.25, -0.2) is 0 Å². The normalized spacial score (nSPS) is 15.2. The van der Waals surface area contributed by atoms with Gasteiger partial charge in [0.15, 0.2) is 6.04 Å². The van der Waals surface area contributed by atoms with Crippen molar-refractivity contribution >= 4 is 35.0 Å². The summed E-state index contributed by atoms with van der Waals surface area (Å²) >= 11 is 12.0. The van der Waals surface area contributed by atoms with Gasteiger partial charge in [0.2, 0.25) is 0 Å². The highest BCUT2D eigenvalue weighted by Crippen LogP contribution is 2.44. The Kier molecular flexibility index (Phi) is 4.26. The number of nitrogens with zero attached hydrogens (tertiary/aromatic N) is 2. The van der Waals surface area contributed by atoms with Gasteiger partial charge in [0.05, 0.1) is 16.1 Å². The number of carbonyl (C=O) groups is 2. The van der Waals surface area contributed by atoms with Crippen LogP contribution >= 0.6 is 23.2 Å². The molecular weight excluding hydrogens is 367 g/mol. The molecular formula is C17H12Cl2N2O4. The molecule has 0 fully saturated rings. The number of nitro groups is 1. The number of hydrogen-bond donors (Lipinski definition) is 0. The van der Waals surface area contributed by atoms with E-state index in [4.69, 9.17) is 23.2 Å². The number of rotatable bonds is 4. The number of fused-ring (bicyclic) bond motifs is 1. The van der Waals surface area contributed by atoms with Crippen LogP contribution in [0.5, 0.6) is 0 Å². The Morgan fingerprint density at radius 2 is 1.48 bits per heavy atom. The van der Waals surface area contributed by atoms with Crippen LogP contribution in [0.15, 0.2) is 48.5 Å². The van der Waals surface area contributed by atoms with Gasteiger partial charge >= 0.3 is 4.46 Å². The molecule has 1 aliphatic heterocycles. The van der Waals surface area contributed by atoms with Gasteiger partial charge in [-0.15, -0.1) is 0 Å². The minimum absolute atomic E-state index is 0.164. The Bertz CT molecular complexity index is 845. The molecule has 128 valence electrons. The number of benzene rings is 2. The third kappa shape index (κ3) is 2.77. The van der Waals surface area contributed by atoms with E-state index in [1.165, 1.54) is 12.1 Å². The molecule has 1 unspecified atom stereocenters. The van der Waals surface area contributed by atoms with E-state index >= 15 is 0 Å². The quantitative estimate of drug-likeness (QED) is 0.267. The van der Waals surface area contributed by atoms with Gasteiger partial charge < -0.3 is 0 Å². The molecule has 2 aromatic carbocycles. The zero-order chi connectivity index (χ0) is 18.4. The molecule has 1 atom stereocenters. The van der Waals surface area contributed by atoms with Crippen LogP contribution in [-0.4, -0.2) is 26.1 Å². The standard InChI is InChI=1S/C17H12Cl2N2O4/c1-10-6-8-11(9-7-10)14(17(18,19)21(24)25)20-15(22)12-4-2-3-5-13(12)16(20)23/h2-9,14H,1H3. The predicted molar refractivity (Wildman–Crippen MR) is 92.3 cm³/mol. The summed E-state index contributed by atoms with van der Waals surface area (Å²) in [5, 5.41) is 11.4. The SMILES string of the molecule is Cc1ccc(C(N2C(=O)c3ccccc3C2=O)C(Cl)(Cl)[N+](=O)[O-])cc1. The second-order valence-corrected chi connectivity index (χ2v) is 7.03. The van der Waals surface area contributed by atoms with Crippen LogP contribution in [0, 0.1) is 17.0 Å². The summed E-state index contributed by atoms with van der Waals surface area (Å²) in [6, 6.07) is 11.2. The second-order valence-electron chi connectivity index (χ2n) is 5.68. The van der Waals surface area contributed by atoms with Crippen LogP contribution in [0.3, 0.4) is 0 Å². The zero-order valence-electron chi connectivity index (χ0n) is 13.0. The number of amides is 2. The van der Waals surface area contributed by atoms with Crippen molar-refractivity contribution in [2.24, 2.45) is 0 Å². The van der Waals surface area contributed by atoms with Gasteiger partial charge in [-0.1, -0.05) is 42.0 Å². The van der Waals surface area contributed by atoms with Gasteiger partial charge in [-0.2, -0.15) is 0 Å². The summed E-state index contributed by atoms with van der Waals surface area (Å²) in [5.41, 5.74) is 1.52.